The first-order valence-electron chi connectivity index (χ1n) is 5.89. The van der Waals surface area contributed by atoms with Crippen LogP contribution in [0.2, 0.25) is 0 Å². The second-order valence-corrected chi connectivity index (χ2v) is 5.10. The van der Waals surface area contributed by atoms with Crippen molar-refractivity contribution in [2.24, 2.45) is 0 Å². The zero-order valence-electron chi connectivity index (χ0n) is 10.2. The van der Waals surface area contributed by atoms with Gasteiger partial charge in [-0.25, -0.2) is 4.98 Å². The van der Waals surface area contributed by atoms with Crippen LogP contribution in [0.5, 0.6) is 0 Å². The Morgan fingerprint density at radius 1 is 1.53 bits per heavy atom. The van der Waals surface area contributed by atoms with Crippen molar-refractivity contribution in [1.82, 2.24) is 20.5 Å². The summed E-state index contributed by atoms with van der Waals surface area (Å²) in [5, 5.41) is 13.6. The first-order valence-corrected chi connectivity index (χ1v) is 6.77. The zero-order chi connectivity index (χ0) is 12.1. The van der Waals surface area contributed by atoms with Crippen LogP contribution in [-0.4, -0.2) is 21.7 Å². The second-order valence-electron chi connectivity index (χ2n) is 4.17. The van der Waals surface area contributed by atoms with E-state index < -0.39 is 0 Å². The molecule has 0 radical (unpaired) electrons. The van der Waals surface area contributed by atoms with Crippen molar-refractivity contribution < 1.29 is 0 Å². The van der Waals surface area contributed by atoms with Crippen LogP contribution in [0, 0.1) is 6.92 Å². The fraction of sp³-hybridized carbons (Fsp3) is 0.500. The highest BCUT2D eigenvalue weighted by Gasteiger charge is 2.06. The fourth-order valence-electron chi connectivity index (χ4n) is 1.76. The molecule has 5 heteroatoms. The Kier molecular flexibility index (Phi) is 4.28. The van der Waals surface area contributed by atoms with Gasteiger partial charge in [-0.2, -0.15) is 5.10 Å². The lowest BCUT2D eigenvalue weighted by atomic mass is 10.1. The molecule has 92 valence electrons. The number of nitrogens with one attached hydrogen (secondary N) is 2. The second kappa shape index (κ2) is 5.93. The third-order valence-corrected chi connectivity index (χ3v) is 3.79. The zero-order valence-corrected chi connectivity index (χ0v) is 11.0. The van der Waals surface area contributed by atoms with Crippen molar-refractivity contribution in [2.75, 3.05) is 6.54 Å². The molecule has 0 aliphatic carbocycles. The van der Waals surface area contributed by atoms with Crippen LogP contribution < -0.4 is 5.32 Å². The molecule has 0 spiro atoms. The predicted molar refractivity (Wildman–Crippen MR) is 70.2 cm³/mol. The molecule has 17 heavy (non-hydrogen) atoms. The van der Waals surface area contributed by atoms with E-state index in [0.717, 1.165) is 24.4 Å². The molecule has 2 aromatic heterocycles. The van der Waals surface area contributed by atoms with Crippen LogP contribution in [-0.2, 0) is 6.42 Å². The maximum Gasteiger partial charge on any atom is 0.109 e. The number of thiazole rings is 1. The lowest BCUT2D eigenvalue weighted by Gasteiger charge is -2.10. The van der Waals surface area contributed by atoms with Crippen molar-refractivity contribution in [3.63, 3.8) is 0 Å². The number of hydrogen-bond acceptors (Lipinski definition) is 4. The Hall–Kier alpha value is -1.20. The van der Waals surface area contributed by atoms with Gasteiger partial charge in [-0.1, -0.05) is 0 Å². The van der Waals surface area contributed by atoms with Gasteiger partial charge in [0.25, 0.3) is 0 Å². The molecule has 0 saturated carbocycles. The van der Waals surface area contributed by atoms with E-state index >= 15 is 0 Å². The monoisotopic (exact) mass is 250 g/mol. The fourth-order valence-corrected chi connectivity index (χ4v) is 2.43. The third-order valence-electron chi connectivity index (χ3n) is 2.83. The Labute approximate surface area is 105 Å². The number of nitrogens with zero attached hydrogens (tertiary/aromatic N) is 2. The van der Waals surface area contributed by atoms with Crippen LogP contribution in [0.15, 0.2) is 17.8 Å². The molecular formula is C12H18N4S. The molecule has 0 aromatic carbocycles. The van der Waals surface area contributed by atoms with Gasteiger partial charge in [-0.3, -0.25) is 5.10 Å². The SMILES string of the molecule is Cc1[nH]ncc1CCCNC(C)c1nccs1. The minimum atomic E-state index is 0.348. The summed E-state index contributed by atoms with van der Waals surface area (Å²) in [6, 6.07) is 0.348. The number of aromatic nitrogens is 3. The molecule has 0 aliphatic heterocycles. The average molecular weight is 250 g/mol. The van der Waals surface area contributed by atoms with Crippen molar-refractivity contribution in [1.29, 1.82) is 0 Å². The molecule has 4 nitrogen and oxygen atoms in total. The largest absolute Gasteiger partial charge is 0.308 e. The van der Waals surface area contributed by atoms with Gasteiger partial charge in [0.15, 0.2) is 0 Å². The Morgan fingerprint density at radius 2 is 2.41 bits per heavy atom. The maximum absolute atomic E-state index is 4.30. The van der Waals surface area contributed by atoms with Crippen LogP contribution in [0.1, 0.15) is 35.7 Å². The van der Waals surface area contributed by atoms with E-state index in [1.54, 1.807) is 11.3 Å². The lowest BCUT2D eigenvalue weighted by Crippen LogP contribution is -2.20. The van der Waals surface area contributed by atoms with Crippen molar-refractivity contribution in [2.45, 2.75) is 32.7 Å². The van der Waals surface area contributed by atoms with E-state index in [1.165, 1.54) is 11.3 Å². The van der Waals surface area contributed by atoms with Gasteiger partial charge in [0.2, 0.25) is 0 Å². The summed E-state index contributed by atoms with van der Waals surface area (Å²) in [4.78, 5) is 4.30. The Bertz CT molecular complexity index is 435. The topological polar surface area (TPSA) is 53.6 Å². The minimum Gasteiger partial charge on any atom is -0.308 e. The number of hydrogen-bond donors (Lipinski definition) is 2. The third kappa shape index (κ3) is 3.38. The molecule has 2 N–H and O–H groups in total. The van der Waals surface area contributed by atoms with Gasteiger partial charge in [-0.15, -0.1) is 11.3 Å². The first kappa shape index (κ1) is 12.3. The van der Waals surface area contributed by atoms with Gasteiger partial charge >= 0.3 is 0 Å². The van der Waals surface area contributed by atoms with Crippen molar-refractivity contribution in [3.8, 4) is 0 Å². The predicted octanol–water partition coefficient (Wildman–Crippen LogP) is 2.46. The van der Waals surface area contributed by atoms with Gasteiger partial charge in [0.1, 0.15) is 5.01 Å². The average Bonchev–Trinajstić information content (AvgIpc) is 2.96. The quantitative estimate of drug-likeness (QED) is 0.774. The van der Waals surface area contributed by atoms with E-state index in [0.29, 0.717) is 6.04 Å². The normalized spacial score (nSPS) is 12.8. The van der Waals surface area contributed by atoms with E-state index in [2.05, 4.69) is 34.3 Å². The smallest absolute Gasteiger partial charge is 0.109 e. The highest BCUT2D eigenvalue weighted by molar-refractivity contribution is 7.09. The van der Waals surface area contributed by atoms with Gasteiger partial charge in [0, 0.05) is 17.3 Å². The molecule has 0 fully saturated rings. The van der Waals surface area contributed by atoms with Gasteiger partial charge < -0.3 is 5.32 Å². The first-order chi connectivity index (χ1) is 8.27. The molecule has 0 saturated heterocycles. The summed E-state index contributed by atoms with van der Waals surface area (Å²) < 4.78 is 0. The number of aryl methyl sites for hydroxylation is 2. The molecule has 0 aliphatic rings. The Morgan fingerprint density at radius 3 is 3.06 bits per heavy atom. The summed E-state index contributed by atoms with van der Waals surface area (Å²) in [7, 11) is 0. The summed E-state index contributed by atoms with van der Waals surface area (Å²) in [5.74, 6) is 0. The number of rotatable bonds is 6. The van der Waals surface area contributed by atoms with Crippen molar-refractivity contribution >= 4 is 11.3 Å². The molecule has 2 heterocycles. The van der Waals surface area contributed by atoms with Gasteiger partial charge in [0.05, 0.1) is 12.2 Å². The highest BCUT2D eigenvalue weighted by Crippen LogP contribution is 2.14. The minimum absolute atomic E-state index is 0.348. The van der Waals surface area contributed by atoms with Gasteiger partial charge in [-0.05, 0) is 38.8 Å². The maximum atomic E-state index is 4.30. The summed E-state index contributed by atoms with van der Waals surface area (Å²) in [6.45, 7) is 5.22. The van der Waals surface area contributed by atoms with E-state index in [9.17, 15) is 0 Å². The summed E-state index contributed by atoms with van der Waals surface area (Å²) >= 11 is 1.70. The van der Waals surface area contributed by atoms with Crippen molar-refractivity contribution in [3.05, 3.63) is 34.0 Å². The molecular weight excluding hydrogens is 232 g/mol. The van der Waals surface area contributed by atoms with E-state index in [-0.39, 0.29) is 0 Å². The molecule has 0 bridgehead atoms. The van der Waals surface area contributed by atoms with Crippen LogP contribution in [0.3, 0.4) is 0 Å². The number of aromatic amines is 1. The summed E-state index contributed by atoms with van der Waals surface area (Å²) in [6.07, 6.45) is 5.96. The lowest BCUT2D eigenvalue weighted by molar-refractivity contribution is 0.556. The van der Waals surface area contributed by atoms with Crippen LogP contribution in [0.25, 0.3) is 0 Å². The van der Waals surface area contributed by atoms with Crippen LogP contribution >= 0.6 is 11.3 Å². The molecule has 0 amide bonds. The Balaban J connectivity index is 1.68. The molecule has 2 aromatic rings. The molecule has 1 atom stereocenters. The van der Waals surface area contributed by atoms with E-state index in [1.807, 2.05) is 17.8 Å². The molecule has 2 rings (SSSR count). The standard InChI is InChI=1S/C12H18N4S/c1-9-11(8-15-16-9)4-3-5-13-10(2)12-14-6-7-17-12/h6-8,10,13H,3-5H2,1-2H3,(H,15,16). The number of H-pyrrole nitrogens is 1. The highest BCUT2D eigenvalue weighted by atomic mass is 32.1. The van der Waals surface area contributed by atoms with E-state index in [4.69, 9.17) is 0 Å². The summed E-state index contributed by atoms with van der Waals surface area (Å²) in [5.41, 5.74) is 2.49. The van der Waals surface area contributed by atoms with Crippen LogP contribution in [0.4, 0.5) is 0 Å². The molecule has 1 unspecified atom stereocenters.